The minimum absolute atomic E-state index is 0.0875. The Morgan fingerprint density at radius 3 is 1.19 bits per heavy atom. The smallest absolute Gasteiger partial charge is 0.232 e. The molecule has 0 saturated carbocycles. The fourth-order valence-corrected chi connectivity index (χ4v) is 4.73. The van der Waals surface area contributed by atoms with Crippen LogP contribution in [0.5, 0.6) is 0 Å². The largest absolute Gasteiger partial charge is 0.284 e. The lowest BCUT2D eigenvalue weighted by Crippen LogP contribution is -2.16. The minimum Gasteiger partial charge on any atom is -0.284 e. The highest BCUT2D eigenvalue weighted by atomic mass is 32.2. The van der Waals surface area contributed by atoms with Crippen molar-refractivity contribution in [2.24, 2.45) is 0 Å². The molecule has 26 heavy (non-hydrogen) atoms. The second-order valence-corrected chi connectivity index (χ2v) is 9.68. The molecule has 2 aromatic carbocycles. The van der Waals surface area contributed by atoms with Crippen LogP contribution in [0.4, 0.5) is 11.4 Å². The third-order valence-corrected chi connectivity index (χ3v) is 6.58. The monoisotopic (exact) mass is 396 g/mol. The van der Waals surface area contributed by atoms with E-state index >= 15 is 0 Å². The summed E-state index contributed by atoms with van der Waals surface area (Å²) in [7, 11) is -6.61. The molecular weight excluding hydrogens is 372 g/mol. The second kappa shape index (κ2) is 8.55. The Morgan fingerprint density at radius 1 is 0.615 bits per heavy atom. The van der Waals surface area contributed by atoms with Crippen molar-refractivity contribution in [3.63, 3.8) is 0 Å². The minimum atomic E-state index is -3.31. The molecule has 0 bridgehead atoms. The van der Waals surface area contributed by atoms with Crippen molar-refractivity contribution in [3.8, 4) is 11.1 Å². The van der Waals surface area contributed by atoms with E-state index in [1.165, 1.54) is 0 Å². The lowest BCUT2D eigenvalue weighted by molar-refractivity contribution is 0.598. The van der Waals surface area contributed by atoms with E-state index in [2.05, 4.69) is 9.44 Å². The molecular formula is C18H24N2O4S2. The zero-order chi connectivity index (χ0) is 19.2. The predicted octanol–water partition coefficient (Wildman–Crippen LogP) is 3.66. The average molecular weight is 397 g/mol. The third kappa shape index (κ3) is 6.03. The summed E-state index contributed by atoms with van der Waals surface area (Å²) >= 11 is 0. The van der Waals surface area contributed by atoms with Gasteiger partial charge in [0.25, 0.3) is 0 Å². The van der Waals surface area contributed by atoms with Gasteiger partial charge in [0.1, 0.15) is 0 Å². The van der Waals surface area contributed by atoms with Crippen molar-refractivity contribution in [2.75, 3.05) is 20.9 Å². The van der Waals surface area contributed by atoms with Gasteiger partial charge in [0.2, 0.25) is 20.0 Å². The first-order valence-corrected chi connectivity index (χ1v) is 11.8. The molecule has 0 aliphatic heterocycles. The number of anilines is 2. The summed E-state index contributed by atoms with van der Waals surface area (Å²) in [5.74, 6) is 0.175. The number of hydrogen-bond donors (Lipinski definition) is 2. The molecule has 0 fully saturated rings. The normalized spacial score (nSPS) is 11.9. The Kier molecular flexibility index (Phi) is 6.66. The Morgan fingerprint density at radius 2 is 0.923 bits per heavy atom. The molecule has 8 heteroatoms. The van der Waals surface area contributed by atoms with Crippen molar-refractivity contribution in [1.82, 2.24) is 0 Å². The summed E-state index contributed by atoms with van der Waals surface area (Å²) < 4.78 is 52.2. The molecule has 6 nitrogen and oxygen atoms in total. The molecule has 2 aromatic rings. The molecule has 2 rings (SSSR count). The van der Waals surface area contributed by atoms with Gasteiger partial charge < -0.3 is 0 Å². The third-order valence-electron chi connectivity index (χ3n) is 3.60. The van der Waals surface area contributed by atoms with Gasteiger partial charge in [-0.3, -0.25) is 9.44 Å². The van der Waals surface area contributed by atoms with Crippen molar-refractivity contribution in [2.45, 2.75) is 26.7 Å². The van der Waals surface area contributed by atoms with E-state index in [0.717, 1.165) is 11.1 Å². The molecule has 0 aliphatic rings. The number of sulfonamides is 2. The maximum absolute atomic E-state index is 11.8. The van der Waals surface area contributed by atoms with E-state index in [-0.39, 0.29) is 11.5 Å². The van der Waals surface area contributed by atoms with Crippen molar-refractivity contribution in [1.29, 1.82) is 0 Å². The first kappa shape index (κ1) is 20.3. The van der Waals surface area contributed by atoms with Crippen molar-refractivity contribution < 1.29 is 16.8 Å². The van der Waals surface area contributed by atoms with Crippen LogP contribution < -0.4 is 9.44 Å². The summed E-state index contributed by atoms with van der Waals surface area (Å²) in [5, 5.41) is 0. The van der Waals surface area contributed by atoms with E-state index in [1.807, 2.05) is 38.1 Å². The molecule has 0 saturated heterocycles. The molecule has 0 aromatic heterocycles. The fraction of sp³-hybridized carbons (Fsp3) is 0.333. The number of hydrogen-bond acceptors (Lipinski definition) is 4. The molecule has 0 amide bonds. The summed E-state index contributed by atoms with van der Waals surface area (Å²) in [6.45, 7) is 3.63. The number of nitrogens with one attached hydrogen (secondary N) is 2. The Hall–Kier alpha value is -2.06. The van der Waals surface area contributed by atoms with Crippen LogP contribution in [0.3, 0.4) is 0 Å². The van der Waals surface area contributed by atoms with Gasteiger partial charge in [0, 0.05) is 11.4 Å². The molecule has 0 atom stereocenters. The molecule has 0 unspecified atom stereocenters. The summed E-state index contributed by atoms with van der Waals surface area (Å²) in [4.78, 5) is 0. The van der Waals surface area contributed by atoms with Gasteiger partial charge in [-0.25, -0.2) is 16.8 Å². The van der Waals surface area contributed by atoms with Gasteiger partial charge in [0.05, 0.1) is 11.5 Å². The van der Waals surface area contributed by atoms with Crippen molar-refractivity contribution >= 4 is 31.4 Å². The summed E-state index contributed by atoms with van der Waals surface area (Å²) in [5.41, 5.74) is 2.86. The van der Waals surface area contributed by atoms with Crippen LogP contribution in [-0.4, -0.2) is 28.3 Å². The first-order valence-electron chi connectivity index (χ1n) is 8.46. The van der Waals surface area contributed by atoms with Crippen LogP contribution in [0.1, 0.15) is 26.7 Å². The fourth-order valence-electron chi connectivity index (χ4n) is 2.46. The van der Waals surface area contributed by atoms with E-state index in [9.17, 15) is 16.8 Å². The Labute approximate surface area is 155 Å². The highest BCUT2D eigenvalue weighted by molar-refractivity contribution is 7.92. The molecule has 2 N–H and O–H groups in total. The number of benzene rings is 2. The van der Waals surface area contributed by atoms with Crippen LogP contribution in [0.2, 0.25) is 0 Å². The first-order chi connectivity index (χ1) is 12.2. The molecule has 142 valence electrons. The van der Waals surface area contributed by atoms with E-state index < -0.39 is 20.0 Å². The van der Waals surface area contributed by atoms with E-state index in [4.69, 9.17) is 0 Å². The topological polar surface area (TPSA) is 92.3 Å². The van der Waals surface area contributed by atoms with Crippen molar-refractivity contribution in [3.05, 3.63) is 48.5 Å². The van der Waals surface area contributed by atoms with Gasteiger partial charge in [-0.1, -0.05) is 38.1 Å². The second-order valence-electron chi connectivity index (χ2n) is 6.00. The van der Waals surface area contributed by atoms with Crippen LogP contribution in [-0.2, 0) is 20.0 Å². The Bertz CT molecular complexity index is 841. The van der Waals surface area contributed by atoms with Gasteiger partial charge in [0.15, 0.2) is 0 Å². The zero-order valence-electron chi connectivity index (χ0n) is 14.9. The standard InChI is InChI=1S/C18H24N2O4S2/c1-3-13-25(21,22)19-17-9-5-15(6-10-17)16-7-11-18(12-8-16)20-26(23,24)14-4-2/h5-12,19-20H,3-4,13-14H2,1-2H3. The van der Waals surface area contributed by atoms with Gasteiger partial charge in [-0.2, -0.15) is 0 Å². The zero-order valence-corrected chi connectivity index (χ0v) is 16.5. The molecule has 0 aliphatic carbocycles. The quantitative estimate of drug-likeness (QED) is 0.676. The predicted molar refractivity (Wildman–Crippen MR) is 107 cm³/mol. The highest BCUT2D eigenvalue weighted by Gasteiger charge is 2.10. The summed E-state index contributed by atoms with van der Waals surface area (Å²) in [6, 6.07) is 14.1. The maximum Gasteiger partial charge on any atom is 0.232 e. The van der Waals surface area contributed by atoms with Gasteiger partial charge in [-0.15, -0.1) is 0 Å². The van der Waals surface area contributed by atoms with E-state index in [1.54, 1.807) is 24.3 Å². The maximum atomic E-state index is 11.8. The lowest BCUT2D eigenvalue weighted by Gasteiger charge is -2.10. The van der Waals surface area contributed by atoms with Gasteiger partial charge >= 0.3 is 0 Å². The number of rotatable bonds is 9. The Balaban J connectivity index is 2.10. The van der Waals surface area contributed by atoms with E-state index in [0.29, 0.717) is 24.2 Å². The molecule has 0 heterocycles. The SMILES string of the molecule is CCCS(=O)(=O)Nc1ccc(-c2ccc(NS(=O)(=O)CCC)cc2)cc1. The summed E-state index contributed by atoms with van der Waals surface area (Å²) in [6.07, 6.45) is 1.11. The van der Waals surface area contributed by atoms with Gasteiger partial charge in [-0.05, 0) is 48.2 Å². The van der Waals surface area contributed by atoms with Crippen LogP contribution >= 0.6 is 0 Å². The highest BCUT2D eigenvalue weighted by Crippen LogP contribution is 2.24. The van der Waals surface area contributed by atoms with Crippen LogP contribution in [0.25, 0.3) is 11.1 Å². The van der Waals surface area contributed by atoms with Crippen LogP contribution in [0.15, 0.2) is 48.5 Å². The average Bonchev–Trinajstić information content (AvgIpc) is 2.55. The van der Waals surface area contributed by atoms with Crippen LogP contribution in [0, 0.1) is 0 Å². The molecule has 0 radical (unpaired) electrons. The molecule has 0 spiro atoms. The lowest BCUT2D eigenvalue weighted by atomic mass is 10.1.